The zero-order chi connectivity index (χ0) is 48.9. The second-order valence-corrected chi connectivity index (χ2v) is 21.5. The molecule has 4 bridgehead atoms. The number of carbonyl (C=O) groups is 4. The Bertz CT molecular complexity index is 2850. The number of rotatable bonds is 12. The Balaban J connectivity index is 1.23. The summed E-state index contributed by atoms with van der Waals surface area (Å²) in [5, 5.41) is 0. The second kappa shape index (κ2) is 16.9. The summed E-state index contributed by atoms with van der Waals surface area (Å²) in [6.07, 6.45) is 12.3. The number of fused-ring (bicyclic) bond motifs is 6. The molecule has 6 heterocycles. The van der Waals surface area contributed by atoms with Crippen LogP contribution in [0.1, 0.15) is 117 Å². The van der Waals surface area contributed by atoms with Gasteiger partial charge in [0.2, 0.25) is 11.9 Å². The summed E-state index contributed by atoms with van der Waals surface area (Å²) >= 11 is 0. The van der Waals surface area contributed by atoms with E-state index in [1.54, 1.807) is 13.0 Å². The molecule has 11 rings (SSSR count). The van der Waals surface area contributed by atoms with Gasteiger partial charge >= 0.3 is 11.9 Å². The molecule has 3 aromatic rings. The van der Waals surface area contributed by atoms with Crippen molar-refractivity contribution in [2.75, 3.05) is 40.3 Å². The summed E-state index contributed by atoms with van der Waals surface area (Å²) < 4.78 is 36.4. The Kier molecular flexibility index (Phi) is 11.5. The molecule has 7 atom stereocenters. The molecule has 3 aliphatic carbocycles. The maximum absolute atomic E-state index is 15.9. The van der Waals surface area contributed by atoms with E-state index in [-0.39, 0.29) is 42.6 Å². The van der Waals surface area contributed by atoms with Gasteiger partial charge in [0.15, 0.2) is 22.7 Å². The van der Waals surface area contributed by atoms with E-state index in [1.165, 1.54) is 12.7 Å². The molecule has 3 saturated carbocycles. The first-order valence-electron chi connectivity index (χ1n) is 24.6. The average Bonchev–Trinajstić information content (AvgIpc) is 3.75. The van der Waals surface area contributed by atoms with E-state index in [9.17, 15) is 14.4 Å². The van der Waals surface area contributed by atoms with Gasteiger partial charge in [0.25, 0.3) is 0 Å². The Labute approximate surface area is 404 Å². The number of aromatic nitrogens is 2. The van der Waals surface area contributed by atoms with E-state index in [1.807, 2.05) is 76.1 Å². The van der Waals surface area contributed by atoms with Crippen molar-refractivity contribution >= 4 is 52.4 Å². The molecule has 8 aliphatic rings. The predicted octanol–water partition coefficient (Wildman–Crippen LogP) is 8.61. The van der Waals surface area contributed by atoms with E-state index in [4.69, 9.17) is 33.7 Å². The molecule has 1 spiro atoms. The number of piperazine rings is 1. The molecule has 14 nitrogen and oxygen atoms in total. The Morgan fingerprint density at radius 2 is 1.67 bits per heavy atom. The molecule has 14 heteroatoms. The van der Waals surface area contributed by atoms with Crippen molar-refractivity contribution in [1.29, 1.82) is 0 Å². The fraction of sp³-hybridized carbons (Fsp3) is 0.527. The normalized spacial score (nSPS) is 28.9. The third-order valence-electron chi connectivity index (χ3n) is 15.9. The van der Waals surface area contributed by atoms with Crippen LogP contribution in [0.3, 0.4) is 0 Å². The number of aliphatic imine (C=N–C) groups is 1. The van der Waals surface area contributed by atoms with Crippen LogP contribution in [0.4, 0.5) is 5.95 Å². The van der Waals surface area contributed by atoms with Crippen LogP contribution in [0.25, 0.3) is 17.1 Å². The van der Waals surface area contributed by atoms with Crippen LogP contribution in [0, 0.1) is 17.8 Å². The molecule has 7 unspecified atom stereocenters. The SMILES string of the molecule is COC(=O)C(C)=CCC12OC(C)(C)C3CC(C1=O)C1C4C(=Nc5nc6ccccc6n51)c1c(OC(=O)CCC(=O)N5CCN(C)CC5)c5c(c(CC=C(C)C)c1OC432)OC(C)(CCC=C(C)C)C=C5. The van der Waals surface area contributed by atoms with Crippen molar-refractivity contribution in [2.24, 2.45) is 22.7 Å². The van der Waals surface area contributed by atoms with E-state index in [0.717, 1.165) is 41.7 Å². The minimum absolute atomic E-state index is 0.00540. The number of benzene rings is 2. The molecular weight excluding hydrogens is 875 g/mol. The van der Waals surface area contributed by atoms with Crippen LogP contribution in [0.2, 0.25) is 0 Å². The second-order valence-electron chi connectivity index (χ2n) is 21.5. The molecule has 0 N–H and O–H groups in total. The number of methoxy groups -OCH3 is 1. The topological polar surface area (TPSA) is 151 Å². The Morgan fingerprint density at radius 1 is 0.928 bits per heavy atom. The lowest BCUT2D eigenvalue weighted by atomic mass is 9.44. The maximum atomic E-state index is 15.9. The number of esters is 2. The molecule has 5 aliphatic heterocycles. The third kappa shape index (κ3) is 7.33. The fourth-order valence-electron chi connectivity index (χ4n) is 12.6. The highest BCUT2D eigenvalue weighted by Gasteiger charge is 2.85. The zero-order valence-electron chi connectivity index (χ0n) is 41.7. The largest absolute Gasteiger partial charge is 0.482 e. The van der Waals surface area contributed by atoms with Gasteiger partial charge in [-0.25, -0.2) is 14.8 Å². The van der Waals surface area contributed by atoms with Crippen molar-refractivity contribution in [3.05, 3.63) is 82.0 Å². The quantitative estimate of drug-likeness (QED) is 0.0743. The first-order valence-corrected chi connectivity index (χ1v) is 24.6. The molecule has 2 saturated heterocycles. The zero-order valence-corrected chi connectivity index (χ0v) is 41.7. The molecular formula is C55H65N5O9. The van der Waals surface area contributed by atoms with Crippen LogP contribution >= 0.6 is 0 Å². The van der Waals surface area contributed by atoms with E-state index < -0.39 is 52.2 Å². The van der Waals surface area contributed by atoms with Gasteiger partial charge in [0.05, 0.1) is 59.0 Å². The first kappa shape index (κ1) is 46.8. The highest BCUT2D eigenvalue weighted by atomic mass is 16.6. The number of hydrogen-bond donors (Lipinski definition) is 0. The number of allylic oxidation sites excluding steroid dienone is 4. The summed E-state index contributed by atoms with van der Waals surface area (Å²) in [6.45, 7) is 18.8. The number of para-hydroxylation sites is 2. The number of nitrogens with zero attached hydrogens (tertiary/aromatic N) is 5. The Hall–Kier alpha value is -5.86. The van der Waals surface area contributed by atoms with Crippen molar-refractivity contribution in [2.45, 2.75) is 129 Å². The van der Waals surface area contributed by atoms with Gasteiger partial charge in [-0.2, -0.15) is 0 Å². The van der Waals surface area contributed by atoms with E-state index in [2.05, 4.69) is 42.4 Å². The van der Waals surface area contributed by atoms with Gasteiger partial charge in [-0.05, 0) is 112 Å². The van der Waals surface area contributed by atoms with Crippen LogP contribution < -0.4 is 14.2 Å². The summed E-state index contributed by atoms with van der Waals surface area (Å²) in [5.41, 5.74) is 2.03. The van der Waals surface area contributed by atoms with Gasteiger partial charge in [0.1, 0.15) is 17.1 Å². The number of likely N-dealkylation sites (N-methyl/N-ethyl adjacent to an activating group) is 1. The van der Waals surface area contributed by atoms with Crippen molar-refractivity contribution in [3.63, 3.8) is 0 Å². The van der Waals surface area contributed by atoms with Crippen LogP contribution in [-0.2, 0) is 35.1 Å². The first-order chi connectivity index (χ1) is 32.8. The monoisotopic (exact) mass is 939 g/mol. The minimum atomic E-state index is -1.57. The van der Waals surface area contributed by atoms with E-state index >= 15 is 4.79 Å². The third-order valence-corrected chi connectivity index (χ3v) is 15.9. The highest BCUT2D eigenvalue weighted by Crippen LogP contribution is 2.74. The molecule has 5 fully saturated rings. The lowest BCUT2D eigenvalue weighted by molar-refractivity contribution is -0.206. The smallest absolute Gasteiger partial charge is 0.333 e. The summed E-state index contributed by atoms with van der Waals surface area (Å²) in [4.78, 5) is 71.5. The van der Waals surface area contributed by atoms with Gasteiger partial charge in [-0.1, -0.05) is 41.5 Å². The predicted molar refractivity (Wildman–Crippen MR) is 262 cm³/mol. The number of Topliss-reactive ketones (excluding diaryl/α,β-unsaturated/α-hetero) is 1. The molecule has 69 heavy (non-hydrogen) atoms. The summed E-state index contributed by atoms with van der Waals surface area (Å²) in [5.74, 6) is -1.18. The molecule has 2 aromatic carbocycles. The molecule has 1 aromatic heterocycles. The van der Waals surface area contributed by atoms with Crippen LogP contribution in [0.15, 0.2) is 70.3 Å². The van der Waals surface area contributed by atoms with Crippen molar-refractivity contribution in [3.8, 4) is 17.2 Å². The Morgan fingerprint density at radius 3 is 2.39 bits per heavy atom. The molecule has 1 amide bonds. The number of hydrogen-bond acceptors (Lipinski definition) is 12. The lowest BCUT2D eigenvalue weighted by Crippen LogP contribution is -2.79. The number of ketones is 1. The molecule has 364 valence electrons. The van der Waals surface area contributed by atoms with Gasteiger partial charge in [-0.3, -0.25) is 14.4 Å². The lowest BCUT2D eigenvalue weighted by Gasteiger charge is -2.64. The summed E-state index contributed by atoms with van der Waals surface area (Å²) in [6, 6.07) is 7.37. The standard InChI is InChI=1S/C55H65N5O9/c1-31(2)14-13-23-53(8)24-22-35-46(67-53)34(18-17-32(3)4)48-42(47(35)66-41(62)20-19-40(61)59-28-26-58(9)27-29-59)44-43-45(60-38-16-12-11-15-37(38)56-51(60)57-44)36-30-39-52(6,7)69-54(49(36)63,55(39,43)68-48)25-21-33(5)50(64)65-10/h11-12,14-17,21-22,24,36,39,43,45H,13,18-20,23,25-30H2,1-10H3. The van der Waals surface area contributed by atoms with Crippen molar-refractivity contribution in [1.82, 2.24) is 19.4 Å². The average molecular weight is 940 g/mol. The number of ether oxygens (including phenoxy) is 5. The van der Waals surface area contributed by atoms with Crippen LogP contribution in [-0.4, -0.2) is 111 Å². The fourth-order valence-corrected chi connectivity index (χ4v) is 12.6. The summed E-state index contributed by atoms with van der Waals surface area (Å²) in [7, 11) is 3.38. The number of carbonyl (C=O) groups excluding carboxylic acids is 4. The minimum Gasteiger partial charge on any atom is -0.482 e. The van der Waals surface area contributed by atoms with Crippen molar-refractivity contribution < 1.29 is 42.9 Å². The van der Waals surface area contributed by atoms with Gasteiger partial charge in [-0.15, -0.1) is 0 Å². The maximum Gasteiger partial charge on any atom is 0.333 e. The van der Waals surface area contributed by atoms with Crippen LogP contribution in [0.5, 0.6) is 17.2 Å². The highest BCUT2D eigenvalue weighted by molar-refractivity contribution is 6.15. The van der Waals surface area contributed by atoms with E-state index in [0.29, 0.717) is 72.2 Å². The molecule has 0 radical (unpaired) electrons. The van der Waals surface area contributed by atoms with Gasteiger partial charge in [0, 0.05) is 62.0 Å². The number of amides is 1. The van der Waals surface area contributed by atoms with Gasteiger partial charge < -0.3 is 38.1 Å². The number of imidazole rings is 1.